The minimum atomic E-state index is -0.362. The molecule has 1 aliphatic rings. The second-order valence-electron chi connectivity index (χ2n) is 12.8. The average molecular weight is 674 g/mol. The Bertz CT molecular complexity index is 3020. The maximum Gasteiger partial charge on any atom is 0.228 e. The molecule has 1 atom stereocenters. The molecule has 51 heavy (non-hydrogen) atoms. The SMILES string of the molecule is c1ccc(C2=NC(c3cccc4c3sc3ccccc34)NC(c3ccnc4oc5c(-n6c7ccccc7c7ccccc76)cccc5c34)=N2)cc1. The van der Waals surface area contributed by atoms with Crippen LogP contribution in [0.15, 0.2) is 166 Å². The van der Waals surface area contributed by atoms with Crippen molar-refractivity contribution in [2.24, 2.45) is 9.98 Å². The highest BCUT2D eigenvalue weighted by molar-refractivity contribution is 7.26. The van der Waals surface area contributed by atoms with Gasteiger partial charge in [-0.3, -0.25) is 0 Å². The molecule has 0 spiro atoms. The minimum Gasteiger partial charge on any atom is -0.435 e. The van der Waals surface area contributed by atoms with Gasteiger partial charge >= 0.3 is 0 Å². The van der Waals surface area contributed by atoms with Crippen LogP contribution in [-0.4, -0.2) is 21.2 Å². The van der Waals surface area contributed by atoms with Crippen molar-refractivity contribution in [3.63, 3.8) is 0 Å². The van der Waals surface area contributed by atoms with Crippen LogP contribution in [0.3, 0.4) is 0 Å². The van der Waals surface area contributed by atoms with Gasteiger partial charge in [0.15, 0.2) is 11.4 Å². The van der Waals surface area contributed by atoms with Crippen LogP contribution in [-0.2, 0) is 0 Å². The molecule has 10 aromatic rings. The number of thiophene rings is 1. The highest BCUT2D eigenvalue weighted by atomic mass is 32.1. The van der Waals surface area contributed by atoms with Crippen molar-refractivity contribution in [1.82, 2.24) is 14.9 Å². The van der Waals surface area contributed by atoms with Crippen molar-refractivity contribution in [3.8, 4) is 5.69 Å². The van der Waals surface area contributed by atoms with E-state index in [0.717, 1.165) is 55.6 Å². The summed E-state index contributed by atoms with van der Waals surface area (Å²) in [5.74, 6) is 1.40. The number of amidine groups is 2. The molecule has 0 radical (unpaired) electrons. The molecule has 1 unspecified atom stereocenters. The molecule has 0 aliphatic carbocycles. The molecule has 4 aromatic heterocycles. The number of pyridine rings is 1. The molecule has 7 heteroatoms. The zero-order valence-corrected chi connectivity index (χ0v) is 27.9. The first-order valence-corrected chi connectivity index (χ1v) is 17.8. The van der Waals surface area contributed by atoms with Gasteiger partial charge in [-0.2, -0.15) is 0 Å². The van der Waals surface area contributed by atoms with E-state index in [1.165, 1.54) is 30.9 Å². The van der Waals surface area contributed by atoms with Crippen LogP contribution >= 0.6 is 11.3 Å². The summed E-state index contributed by atoms with van der Waals surface area (Å²) in [6.07, 6.45) is 1.44. The number of nitrogens with zero attached hydrogens (tertiary/aromatic N) is 4. The highest BCUT2D eigenvalue weighted by Crippen LogP contribution is 2.41. The monoisotopic (exact) mass is 673 g/mol. The lowest BCUT2D eigenvalue weighted by Gasteiger charge is -2.24. The van der Waals surface area contributed by atoms with E-state index in [4.69, 9.17) is 19.4 Å². The van der Waals surface area contributed by atoms with Crippen LogP contribution in [0, 0.1) is 0 Å². The smallest absolute Gasteiger partial charge is 0.228 e. The number of nitrogens with one attached hydrogen (secondary N) is 1. The zero-order chi connectivity index (χ0) is 33.5. The van der Waals surface area contributed by atoms with Crippen molar-refractivity contribution in [2.45, 2.75) is 6.17 Å². The number of rotatable bonds is 4. The van der Waals surface area contributed by atoms with Gasteiger partial charge in [0.05, 0.1) is 22.1 Å². The topological polar surface area (TPSA) is 67.7 Å². The van der Waals surface area contributed by atoms with Gasteiger partial charge in [0.25, 0.3) is 0 Å². The third-order valence-electron chi connectivity index (χ3n) is 9.96. The quantitative estimate of drug-likeness (QED) is 0.202. The number of aliphatic imine (C=N–C) groups is 2. The van der Waals surface area contributed by atoms with Crippen molar-refractivity contribution in [2.75, 3.05) is 0 Å². The lowest BCUT2D eigenvalue weighted by molar-refractivity contribution is 0.651. The molecule has 1 aliphatic heterocycles. The van der Waals surface area contributed by atoms with Gasteiger partial charge in [-0.05, 0) is 30.3 Å². The van der Waals surface area contributed by atoms with Gasteiger partial charge in [-0.1, -0.05) is 115 Å². The number of hydrogen-bond acceptors (Lipinski definition) is 6. The predicted molar refractivity (Wildman–Crippen MR) is 211 cm³/mol. The first-order valence-electron chi connectivity index (χ1n) is 17.0. The Morgan fingerprint density at radius 2 is 1.31 bits per heavy atom. The summed E-state index contributed by atoms with van der Waals surface area (Å²) in [5, 5.41) is 10.5. The lowest BCUT2D eigenvalue weighted by atomic mass is 10.0. The molecule has 6 aromatic carbocycles. The van der Waals surface area contributed by atoms with E-state index in [0.29, 0.717) is 11.5 Å². The Morgan fingerprint density at radius 1 is 0.627 bits per heavy atom. The first-order chi connectivity index (χ1) is 25.3. The van der Waals surface area contributed by atoms with Crippen LogP contribution < -0.4 is 5.32 Å². The van der Waals surface area contributed by atoms with Crippen molar-refractivity contribution < 1.29 is 4.42 Å². The second kappa shape index (κ2) is 11.0. The number of benzene rings is 6. The summed E-state index contributed by atoms with van der Waals surface area (Å²) in [5.41, 5.74) is 7.54. The van der Waals surface area contributed by atoms with Crippen LogP contribution in [0.25, 0.3) is 69.7 Å². The first kappa shape index (κ1) is 28.3. The standard InChI is InChI=1S/C44H27N5OS/c1-2-12-26(13-3-1)41-46-42(48-43(47-41)33-19-10-17-30-29-16-6-9-23-37(29)51-40(30)33)32-24-25-45-44-38(32)31-18-11-22-36(39(31)50-44)49-34-20-7-4-14-27(34)28-15-5-8-21-35(28)49/h1-25,43H,(H,46,47,48). The summed E-state index contributed by atoms with van der Waals surface area (Å²) in [6.45, 7) is 0. The van der Waals surface area contributed by atoms with Crippen molar-refractivity contribution >= 4 is 87.1 Å². The van der Waals surface area contributed by atoms with E-state index in [2.05, 4.69) is 131 Å². The molecule has 1 N–H and O–H groups in total. The molecule has 5 heterocycles. The number of fused-ring (bicyclic) bond motifs is 9. The molecule has 0 bridgehead atoms. The predicted octanol–water partition coefficient (Wildman–Crippen LogP) is 10.9. The number of para-hydroxylation sites is 3. The Balaban J connectivity index is 1.13. The van der Waals surface area contributed by atoms with E-state index < -0.39 is 0 Å². The van der Waals surface area contributed by atoms with Gasteiger partial charge in [-0.25, -0.2) is 15.0 Å². The fourth-order valence-electron chi connectivity index (χ4n) is 7.71. The Morgan fingerprint density at radius 3 is 2.14 bits per heavy atom. The molecule has 11 rings (SSSR count). The Labute approximate surface area is 295 Å². The van der Waals surface area contributed by atoms with Crippen LogP contribution in [0.1, 0.15) is 22.9 Å². The van der Waals surface area contributed by atoms with Crippen LogP contribution in [0.2, 0.25) is 0 Å². The summed E-state index contributed by atoms with van der Waals surface area (Å²) in [7, 11) is 0. The van der Waals surface area contributed by atoms with Gasteiger partial charge in [0.2, 0.25) is 5.71 Å². The molecular weight excluding hydrogens is 647 g/mol. The van der Waals surface area contributed by atoms with Gasteiger partial charge in [0, 0.05) is 59.2 Å². The van der Waals surface area contributed by atoms with E-state index in [1.807, 2.05) is 24.3 Å². The number of furan rings is 1. The maximum atomic E-state index is 6.71. The summed E-state index contributed by atoms with van der Waals surface area (Å²) in [4.78, 5) is 15.2. The van der Waals surface area contributed by atoms with E-state index in [1.54, 1.807) is 17.5 Å². The van der Waals surface area contributed by atoms with E-state index >= 15 is 0 Å². The molecular formula is C44H27N5OS. The third-order valence-corrected chi connectivity index (χ3v) is 11.2. The Hall–Kier alpha value is -6.57. The largest absolute Gasteiger partial charge is 0.435 e. The molecule has 240 valence electrons. The Kier molecular flexibility index (Phi) is 6.08. The summed E-state index contributed by atoms with van der Waals surface area (Å²) >= 11 is 1.81. The summed E-state index contributed by atoms with van der Waals surface area (Å²) in [6, 6.07) is 50.8. The fourth-order valence-corrected chi connectivity index (χ4v) is 8.95. The molecule has 0 fully saturated rings. The highest BCUT2D eigenvalue weighted by Gasteiger charge is 2.27. The lowest BCUT2D eigenvalue weighted by Crippen LogP contribution is -2.33. The minimum absolute atomic E-state index is 0.362. The molecule has 0 saturated carbocycles. The average Bonchev–Trinajstić information content (AvgIpc) is 3.88. The van der Waals surface area contributed by atoms with Crippen molar-refractivity contribution in [1.29, 1.82) is 0 Å². The third kappa shape index (κ3) is 4.25. The zero-order valence-electron chi connectivity index (χ0n) is 27.1. The van der Waals surface area contributed by atoms with E-state index in [9.17, 15) is 0 Å². The van der Waals surface area contributed by atoms with E-state index in [-0.39, 0.29) is 6.17 Å². The van der Waals surface area contributed by atoms with Crippen LogP contribution in [0.4, 0.5) is 0 Å². The summed E-state index contributed by atoms with van der Waals surface area (Å²) < 4.78 is 11.5. The molecule has 0 amide bonds. The number of aromatic nitrogens is 2. The van der Waals surface area contributed by atoms with Gasteiger partial charge < -0.3 is 14.3 Å². The second-order valence-corrected chi connectivity index (χ2v) is 13.9. The molecule has 6 nitrogen and oxygen atoms in total. The van der Waals surface area contributed by atoms with Gasteiger partial charge in [-0.15, -0.1) is 11.3 Å². The number of hydrogen-bond donors (Lipinski definition) is 1. The fraction of sp³-hybridized carbons (Fsp3) is 0.0227. The maximum absolute atomic E-state index is 6.71. The van der Waals surface area contributed by atoms with Crippen LogP contribution in [0.5, 0.6) is 0 Å². The molecule has 0 saturated heterocycles. The normalized spacial score (nSPS) is 14.9. The van der Waals surface area contributed by atoms with Gasteiger partial charge in [0.1, 0.15) is 12.0 Å². The van der Waals surface area contributed by atoms with Crippen molar-refractivity contribution in [3.05, 3.63) is 168 Å².